The molecule has 0 bridgehead atoms. The van der Waals surface area contributed by atoms with Crippen LogP contribution in [0.4, 0.5) is 4.39 Å². The van der Waals surface area contributed by atoms with E-state index < -0.39 is 9.84 Å². The van der Waals surface area contributed by atoms with Gasteiger partial charge in [0, 0.05) is 0 Å². The fourth-order valence-corrected chi connectivity index (χ4v) is 2.50. The van der Waals surface area contributed by atoms with Crippen LogP contribution in [0, 0.1) is 5.82 Å². The van der Waals surface area contributed by atoms with Crippen molar-refractivity contribution in [2.75, 3.05) is 6.61 Å². The number of allylic oxidation sites excluding steroid dienone is 1. The fraction of sp³-hybridized carbons (Fsp3) is 0.182. The summed E-state index contributed by atoms with van der Waals surface area (Å²) in [5.41, 5.74) is 0.433. The number of hydrogen-bond donors (Lipinski definition) is 0. The lowest BCUT2D eigenvalue weighted by atomic mass is 10.3. The lowest BCUT2D eigenvalue weighted by Crippen LogP contribution is -2.17. The molecule has 0 saturated heterocycles. The first kappa shape index (κ1) is 11.8. The van der Waals surface area contributed by atoms with Crippen LogP contribution >= 0.6 is 0 Å². The molecule has 0 aromatic heterocycles. The predicted octanol–water partition coefficient (Wildman–Crippen LogP) is 1.89. The van der Waals surface area contributed by atoms with Crippen molar-refractivity contribution in [1.82, 2.24) is 0 Å². The molecule has 2 rings (SSSR count). The standard InChI is InChI=1S/C11H10FNO3S/c1-8-7-17(14,15)11(13-8)6-16-10-4-2-9(12)3-5-10/h2-5,7H,6H2,1H3. The van der Waals surface area contributed by atoms with E-state index in [9.17, 15) is 12.8 Å². The molecule has 1 aliphatic heterocycles. The Bertz CT molecular complexity index is 588. The Morgan fingerprint density at radius 3 is 2.47 bits per heavy atom. The second-order valence-corrected chi connectivity index (χ2v) is 5.35. The van der Waals surface area contributed by atoms with Crippen LogP contribution in [0.1, 0.15) is 6.92 Å². The molecule has 1 aromatic rings. The van der Waals surface area contributed by atoms with Crippen LogP contribution in [0.3, 0.4) is 0 Å². The predicted molar refractivity (Wildman–Crippen MR) is 62.0 cm³/mol. The van der Waals surface area contributed by atoms with Crippen LogP contribution in [0.25, 0.3) is 0 Å². The largest absolute Gasteiger partial charge is 0.487 e. The summed E-state index contributed by atoms with van der Waals surface area (Å²) in [6, 6.07) is 5.34. The van der Waals surface area contributed by atoms with Crippen molar-refractivity contribution in [2.45, 2.75) is 6.92 Å². The monoisotopic (exact) mass is 255 g/mol. The molecule has 0 unspecified atom stereocenters. The molecule has 0 fully saturated rings. The summed E-state index contributed by atoms with van der Waals surface area (Å²) in [4.78, 5) is 3.86. The zero-order valence-electron chi connectivity index (χ0n) is 9.05. The highest BCUT2D eigenvalue weighted by Gasteiger charge is 2.23. The highest BCUT2D eigenvalue weighted by atomic mass is 32.2. The molecule has 1 aliphatic rings. The normalized spacial score (nSPS) is 17.5. The molecule has 4 nitrogen and oxygen atoms in total. The zero-order valence-corrected chi connectivity index (χ0v) is 9.87. The number of hydrogen-bond acceptors (Lipinski definition) is 4. The minimum absolute atomic E-state index is 0.0284. The average Bonchev–Trinajstić information content (AvgIpc) is 2.51. The number of rotatable bonds is 3. The molecule has 0 saturated carbocycles. The molecule has 0 spiro atoms. The van der Waals surface area contributed by atoms with Crippen LogP contribution in [0.5, 0.6) is 5.75 Å². The lowest BCUT2D eigenvalue weighted by molar-refractivity contribution is 0.377. The SMILES string of the molecule is CC1=CS(=O)(=O)C(COc2ccc(F)cc2)=N1. The van der Waals surface area contributed by atoms with Crippen LogP contribution < -0.4 is 4.74 Å². The summed E-state index contributed by atoms with van der Waals surface area (Å²) in [5.74, 6) is 0.0227. The van der Waals surface area contributed by atoms with Crippen LogP contribution in [0.15, 0.2) is 40.4 Å². The number of nitrogens with zero attached hydrogens (tertiary/aromatic N) is 1. The Labute approximate surface area is 98.4 Å². The Hall–Kier alpha value is -1.69. The molecule has 0 amide bonds. The van der Waals surface area contributed by atoms with Gasteiger partial charge in [-0.15, -0.1) is 0 Å². The van der Waals surface area contributed by atoms with Crippen LogP contribution in [-0.2, 0) is 9.84 Å². The quantitative estimate of drug-likeness (QED) is 0.828. The van der Waals surface area contributed by atoms with E-state index in [1.165, 1.54) is 24.3 Å². The van der Waals surface area contributed by atoms with E-state index in [1.807, 2.05) is 0 Å². The second kappa shape index (κ2) is 4.29. The maximum atomic E-state index is 12.6. The molecule has 1 aromatic carbocycles. The highest BCUT2D eigenvalue weighted by molar-refractivity contribution is 8.09. The topological polar surface area (TPSA) is 55.7 Å². The van der Waals surface area contributed by atoms with E-state index in [0.29, 0.717) is 11.4 Å². The molecule has 0 N–H and O–H groups in total. The van der Waals surface area contributed by atoms with E-state index in [-0.39, 0.29) is 17.5 Å². The lowest BCUT2D eigenvalue weighted by Gasteiger charge is -2.05. The molecule has 0 atom stereocenters. The molecular formula is C11H10FNO3S. The van der Waals surface area contributed by atoms with Crippen molar-refractivity contribution in [1.29, 1.82) is 0 Å². The van der Waals surface area contributed by atoms with Gasteiger partial charge in [0.05, 0.1) is 11.1 Å². The first-order valence-electron chi connectivity index (χ1n) is 4.87. The van der Waals surface area contributed by atoms with Crippen molar-refractivity contribution in [2.24, 2.45) is 4.99 Å². The van der Waals surface area contributed by atoms with Crippen molar-refractivity contribution in [3.8, 4) is 5.75 Å². The Morgan fingerprint density at radius 2 is 1.94 bits per heavy atom. The summed E-state index contributed by atoms with van der Waals surface area (Å²) >= 11 is 0. The number of ether oxygens (including phenoxy) is 1. The third-order valence-electron chi connectivity index (χ3n) is 2.13. The van der Waals surface area contributed by atoms with E-state index in [1.54, 1.807) is 6.92 Å². The van der Waals surface area contributed by atoms with E-state index in [4.69, 9.17) is 4.74 Å². The van der Waals surface area contributed by atoms with Crippen molar-refractivity contribution in [3.63, 3.8) is 0 Å². The number of halogens is 1. The fourth-order valence-electron chi connectivity index (χ4n) is 1.37. The molecule has 0 radical (unpaired) electrons. The van der Waals surface area contributed by atoms with Gasteiger partial charge in [-0.2, -0.15) is 0 Å². The van der Waals surface area contributed by atoms with E-state index >= 15 is 0 Å². The summed E-state index contributed by atoms with van der Waals surface area (Å²) < 4.78 is 40.8. The second-order valence-electron chi connectivity index (χ2n) is 3.55. The third-order valence-corrected chi connectivity index (χ3v) is 3.65. The Kier molecular flexibility index (Phi) is 2.97. The van der Waals surface area contributed by atoms with Gasteiger partial charge in [-0.3, -0.25) is 0 Å². The van der Waals surface area contributed by atoms with Crippen molar-refractivity contribution in [3.05, 3.63) is 41.2 Å². The van der Waals surface area contributed by atoms with E-state index in [2.05, 4.69) is 4.99 Å². The Morgan fingerprint density at radius 1 is 1.29 bits per heavy atom. The minimum Gasteiger partial charge on any atom is -0.487 e. The maximum absolute atomic E-state index is 12.6. The van der Waals surface area contributed by atoms with Gasteiger partial charge in [-0.05, 0) is 31.2 Å². The molecule has 17 heavy (non-hydrogen) atoms. The zero-order chi connectivity index (χ0) is 12.5. The summed E-state index contributed by atoms with van der Waals surface area (Å²) in [6.45, 7) is 1.45. The van der Waals surface area contributed by atoms with Gasteiger partial charge < -0.3 is 4.74 Å². The molecule has 6 heteroatoms. The maximum Gasteiger partial charge on any atom is 0.218 e. The van der Waals surface area contributed by atoms with Crippen molar-refractivity contribution < 1.29 is 17.5 Å². The van der Waals surface area contributed by atoms with Gasteiger partial charge in [0.15, 0.2) is 5.04 Å². The highest BCUT2D eigenvalue weighted by Crippen LogP contribution is 2.16. The van der Waals surface area contributed by atoms with Crippen LogP contribution in [0.2, 0.25) is 0 Å². The van der Waals surface area contributed by atoms with Gasteiger partial charge in [0.1, 0.15) is 18.2 Å². The van der Waals surface area contributed by atoms with Gasteiger partial charge in [0.2, 0.25) is 9.84 Å². The van der Waals surface area contributed by atoms with Gasteiger partial charge >= 0.3 is 0 Å². The first-order chi connectivity index (χ1) is 7.97. The molecule has 90 valence electrons. The first-order valence-corrected chi connectivity index (χ1v) is 6.41. The number of sulfone groups is 1. The van der Waals surface area contributed by atoms with Crippen LogP contribution in [-0.4, -0.2) is 20.1 Å². The summed E-state index contributed by atoms with van der Waals surface area (Å²) in [5, 5.41) is 1.07. The van der Waals surface area contributed by atoms with Gasteiger partial charge in [-0.1, -0.05) is 0 Å². The Balaban J connectivity index is 2.05. The molecule has 1 heterocycles. The third kappa shape index (κ3) is 2.71. The average molecular weight is 255 g/mol. The smallest absolute Gasteiger partial charge is 0.218 e. The number of benzene rings is 1. The van der Waals surface area contributed by atoms with Gasteiger partial charge in [-0.25, -0.2) is 17.8 Å². The summed E-state index contributed by atoms with van der Waals surface area (Å²) in [7, 11) is -3.43. The van der Waals surface area contributed by atoms with E-state index in [0.717, 1.165) is 5.41 Å². The molecule has 0 aliphatic carbocycles. The summed E-state index contributed by atoms with van der Waals surface area (Å²) in [6.07, 6.45) is 0. The minimum atomic E-state index is -3.43. The van der Waals surface area contributed by atoms with Gasteiger partial charge in [0.25, 0.3) is 0 Å². The molecular weight excluding hydrogens is 245 g/mol. The van der Waals surface area contributed by atoms with Crippen molar-refractivity contribution >= 4 is 14.9 Å². The number of aliphatic imine (C=N–C) groups is 1.